The number of likely N-dealkylation sites (N-methyl/N-ethyl adjacent to an activating group) is 3. The maximum absolute atomic E-state index is 13.7. The Balaban J connectivity index is 0.00000155. The molecule has 0 radical (unpaired) electrons. The maximum atomic E-state index is 13.7. The van der Waals surface area contributed by atoms with E-state index in [4.69, 9.17) is 17.2 Å². The number of amides is 3. The predicted octanol–water partition coefficient (Wildman–Crippen LogP) is 9.61. The number of Topliss-reactive ketones (excluding diaryl/α,β-unsaturated/α-hetero) is 6. The van der Waals surface area contributed by atoms with Crippen molar-refractivity contribution in [1.82, 2.24) is 14.7 Å². The highest BCUT2D eigenvalue weighted by atomic mass is 127. The quantitative estimate of drug-likeness (QED) is 0.0344. The fraction of sp³-hybridized carbons (Fsp3) is 0.398. The number of benzene rings is 3. The molecule has 3 amide bonds. The third-order valence-corrected chi connectivity index (χ3v) is 21.6. The van der Waals surface area contributed by atoms with Gasteiger partial charge in [-0.05, 0) is 226 Å². The minimum absolute atomic E-state index is 0. The molecule has 9 unspecified atom stereocenters. The monoisotopic (exact) mass is 1720 g/mol. The Bertz CT molecular complexity index is 4970. The molecule has 9 aliphatic carbocycles. The Kier molecular flexibility index (Phi) is 36.8. The second-order valence-corrected chi connectivity index (χ2v) is 28.7. The summed E-state index contributed by atoms with van der Waals surface area (Å²) in [6.45, 7) is 16.8. The predicted molar refractivity (Wildman–Crippen MR) is 456 cm³/mol. The molecule has 0 aliphatic heterocycles. The van der Waals surface area contributed by atoms with Crippen LogP contribution in [-0.4, -0.2) is 206 Å². The van der Waals surface area contributed by atoms with Crippen molar-refractivity contribution in [2.75, 3.05) is 42.3 Å². The number of terminal acetylenes is 1. The van der Waals surface area contributed by atoms with Crippen LogP contribution >= 0.6 is 22.6 Å². The van der Waals surface area contributed by atoms with Crippen LogP contribution < -0.4 is 17.2 Å². The third kappa shape index (κ3) is 17.4. The number of ketones is 6. The standard InChI is InChI=1S/C24H26N2O7.C24H24N2O7.C21H21IN2O7.C6H4.C3H6.C3H4.7CH4/c2*1-4-5-10-6-7-14(27)16-12(10)8-11-9-13-18(26(2)3)20(29)17(23(25)32)22(31)24(13,33)21(30)15(11)19(16)28;1-24(2)15-9-6-7-5-8-10(22)3-4-11(25)13(8)16(26)12(7)18(28)21(9,31)19(29)14(17(15)27)20(23)30;1-3-5-6-4-2;2*1-3-2;;;;;;;/h4-7,11,13,18,27-28,31,33H,8-9H2,1-3H3,(H2,25,32);6-7,11,13,18,27-28,31,33H,8-9H2,1-3H3,(H2,25,32);3-4,7,9,15,25-26,29,31H,5-6H2,1-2H3,(H2,23,30);1-2H2;3H,1H2,2H3;1H,2H3;7*1H4/b5-4-;;;;;;;;;;;;/t2*11?,13?,18?,24-;7?,9?,15?,21-;;;;;;;;;;/m000........../s1. The maximum Gasteiger partial charge on any atom is 0.255 e. The first kappa shape index (κ1) is 105. The van der Waals surface area contributed by atoms with Crippen molar-refractivity contribution in [3.05, 3.63) is 190 Å². The topological polar surface area (TPSA) is 484 Å². The Morgan fingerprint density at radius 1 is 0.500 bits per heavy atom. The van der Waals surface area contributed by atoms with Gasteiger partial charge in [0.1, 0.15) is 68.5 Å². The van der Waals surface area contributed by atoms with Gasteiger partial charge in [0.05, 0.1) is 34.8 Å². The summed E-state index contributed by atoms with van der Waals surface area (Å²) in [5, 5.41) is 131. The van der Waals surface area contributed by atoms with E-state index in [1.807, 2.05) is 26.0 Å². The number of halogens is 1. The molecule has 0 saturated heterocycles. The molecule has 3 aromatic carbocycles. The molecule has 0 aromatic heterocycles. The molecule has 3 saturated carbocycles. The van der Waals surface area contributed by atoms with Gasteiger partial charge in [0.2, 0.25) is 17.3 Å². The van der Waals surface area contributed by atoms with Crippen molar-refractivity contribution in [2.24, 2.45) is 52.7 Å². The lowest BCUT2D eigenvalue weighted by atomic mass is 9.57. The van der Waals surface area contributed by atoms with E-state index in [1.165, 1.54) is 32.9 Å². The van der Waals surface area contributed by atoms with Crippen molar-refractivity contribution in [1.29, 1.82) is 0 Å². The number of allylic oxidation sites excluding steroid dienone is 2. The molecule has 116 heavy (non-hydrogen) atoms. The summed E-state index contributed by atoms with van der Waals surface area (Å²) in [5.41, 5.74) is 18.0. The molecule has 28 heteroatoms. The minimum Gasteiger partial charge on any atom is -0.508 e. The summed E-state index contributed by atoms with van der Waals surface area (Å²) in [4.78, 5) is 120. The number of fused-ring (bicyclic) bond motifs is 9. The first-order valence-electron chi connectivity index (χ1n) is 33.8. The van der Waals surface area contributed by atoms with Crippen molar-refractivity contribution in [3.8, 4) is 41.4 Å². The van der Waals surface area contributed by atoms with E-state index < -0.39 is 174 Å². The summed E-state index contributed by atoms with van der Waals surface area (Å²) in [6.07, 6.45) is 10.9. The zero-order valence-electron chi connectivity index (χ0n) is 61.3. The lowest BCUT2D eigenvalue weighted by Gasteiger charge is -2.50. The highest BCUT2D eigenvalue weighted by Gasteiger charge is 2.68. The van der Waals surface area contributed by atoms with Crippen molar-refractivity contribution in [3.63, 3.8) is 0 Å². The molecular weight excluding hydrogens is 1600 g/mol. The number of phenols is 3. The third-order valence-electron chi connectivity index (χ3n) is 20.6. The molecule has 18 N–H and O–H groups in total. The van der Waals surface area contributed by atoms with E-state index in [2.05, 4.69) is 89.4 Å². The lowest BCUT2D eigenvalue weighted by Crippen LogP contribution is -2.65. The summed E-state index contributed by atoms with van der Waals surface area (Å²) in [5.74, 6) is -11.7. The second kappa shape index (κ2) is 40.8. The van der Waals surface area contributed by atoms with Gasteiger partial charge in [0.25, 0.3) is 17.7 Å². The van der Waals surface area contributed by atoms with Gasteiger partial charge >= 0.3 is 0 Å². The van der Waals surface area contributed by atoms with Crippen molar-refractivity contribution in [2.45, 2.75) is 153 Å². The summed E-state index contributed by atoms with van der Waals surface area (Å²) in [7, 11) is 9.37. The number of rotatable bonds is 7. The number of phenolic OH excluding ortho intramolecular Hbond substituents is 3. The van der Waals surface area contributed by atoms with E-state index in [9.17, 15) is 104 Å². The molecule has 12 rings (SSSR count). The van der Waals surface area contributed by atoms with E-state index in [0.29, 0.717) is 28.7 Å². The molecule has 9 aliphatic rings. The van der Waals surface area contributed by atoms with Crippen LogP contribution in [0.5, 0.6) is 17.2 Å². The van der Waals surface area contributed by atoms with Gasteiger partial charge in [0, 0.05) is 43.6 Å². The number of primary amides is 3. The number of nitrogens with zero attached hydrogens (tertiary/aromatic N) is 3. The number of hydrogen-bond acceptors (Lipinski definition) is 24. The van der Waals surface area contributed by atoms with Gasteiger partial charge < -0.3 is 78.5 Å². The van der Waals surface area contributed by atoms with E-state index in [-0.39, 0.29) is 135 Å². The van der Waals surface area contributed by atoms with Gasteiger partial charge in [-0.3, -0.25) is 57.9 Å². The van der Waals surface area contributed by atoms with Crippen LogP contribution in [0.2, 0.25) is 0 Å². The number of aliphatic hydroxyl groups excluding tert-OH is 6. The van der Waals surface area contributed by atoms with Crippen LogP contribution in [0.3, 0.4) is 0 Å². The van der Waals surface area contributed by atoms with Crippen LogP contribution in [0.4, 0.5) is 0 Å². The second-order valence-electron chi connectivity index (χ2n) is 27.5. The number of hydrogen-bond donors (Lipinski definition) is 15. The van der Waals surface area contributed by atoms with Crippen LogP contribution in [0, 0.1) is 63.3 Å². The molecule has 3 aromatic rings. The molecule has 12 atom stereocenters. The number of nitrogens with two attached hydrogens (primary N) is 3. The first-order valence-corrected chi connectivity index (χ1v) is 34.9. The SMILES string of the molecule is C.C.C.C.C.C.C.C#CC.C/C=C\c1ccc(O)c2c1CC1CC3C(N(C)C)C(=O)C(C(N)=O)=C(O)[C@@]3(O)C(=O)C1=C2O.C=C=C=C=C=C.C=CC.CC#Cc1ccc(O)c2c1CC1CC3C(N(C)C)C(=O)C(C(N)=O)=C(O)[C@@]3(O)C(=O)C1=C2O.CN(C)C1C(=O)C(C(N)=O)=C(O)[C@@]2(O)C(=O)C3=C(O)c4c(O)ccc(I)c4CC3CC12. The average molecular weight is 1720 g/mol. The van der Waals surface area contributed by atoms with Crippen LogP contribution in [0.15, 0.2) is 142 Å². The lowest BCUT2D eigenvalue weighted by molar-refractivity contribution is -0.155. The molecule has 628 valence electrons. The van der Waals surface area contributed by atoms with Crippen LogP contribution in [0.25, 0.3) is 23.4 Å². The fourth-order valence-electron chi connectivity index (χ4n) is 16.4. The molecule has 0 spiro atoms. The Labute approximate surface area is 693 Å². The zero-order chi connectivity index (χ0) is 82.0. The van der Waals surface area contributed by atoms with Gasteiger partial charge in [-0.1, -0.05) is 93.7 Å². The Morgan fingerprint density at radius 3 is 1.06 bits per heavy atom. The van der Waals surface area contributed by atoms with E-state index in [0.717, 1.165) is 9.13 Å². The van der Waals surface area contributed by atoms with E-state index in [1.54, 1.807) is 80.4 Å². The largest absolute Gasteiger partial charge is 0.508 e. The smallest absolute Gasteiger partial charge is 0.255 e. The highest BCUT2D eigenvalue weighted by Crippen LogP contribution is 2.57. The Morgan fingerprint density at radius 2 is 0.776 bits per heavy atom. The first-order chi connectivity index (χ1) is 51.1. The molecular formula is C88H113IN6O21. The fourth-order valence-corrected chi connectivity index (χ4v) is 17.1. The van der Waals surface area contributed by atoms with E-state index >= 15 is 0 Å². The average Bonchev–Trinajstić information content (AvgIpc) is 0.710. The number of carbonyl (C=O) groups excluding carboxylic acids is 9. The molecule has 0 heterocycles. The van der Waals surface area contributed by atoms with Crippen LogP contribution in [-0.2, 0) is 62.4 Å². The van der Waals surface area contributed by atoms with Gasteiger partial charge in [-0.15, -0.1) is 24.8 Å². The molecule has 3 fully saturated rings. The summed E-state index contributed by atoms with van der Waals surface area (Å²) >= 11 is 2.07. The summed E-state index contributed by atoms with van der Waals surface area (Å²) in [6, 6.07) is 5.87. The summed E-state index contributed by atoms with van der Waals surface area (Å²) < 4.78 is 0.784. The zero-order valence-corrected chi connectivity index (χ0v) is 63.5. The molecule has 0 bridgehead atoms. The number of carbonyl (C=O) groups is 9. The van der Waals surface area contributed by atoms with Crippen molar-refractivity contribution >= 4 is 98.4 Å². The number of aliphatic hydroxyl groups is 9. The minimum atomic E-state index is -2.64. The number of aromatic hydroxyl groups is 3. The normalized spacial score (nSPS) is 25.0. The van der Waals surface area contributed by atoms with Crippen molar-refractivity contribution < 1.29 is 104 Å². The van der Waals surface area contributed by atoms with Crippen LogP contribution in [0.1, 0.15) is 143 Å². The van der Waals surface area contributed by atoms with Gasteiger partial charge in [-0.25, -0.2) is 0 Å². The van der Waals surface area contributed by atoms with Gasteiger partial charge in [0.15, 0.2) is 34.2 Å². The Hall–Kier alpha value is -11.3. The molecule has 27 nitrogen and oxygen atoms in total. The highest BCUT2D eigenvalue weighted by molar-refractivity contribution is 14.1. The van der Waals surface area contributed by atoms with Gasteiger partial charge in [-0.2, -0.15) is 0 Å².